The van der Waals surface area contributed by atoms with E-state index in [1.165, 1.54) is 0 Å². The van der Waals surface area contributed by atoms with Gasteiger partial charge in [-0.1, -0.05) is 19.6 Å². The molecular formula is C14H20N2O2. The molecule has 0 aliphatic carbocycles. The van der Waals surface area contributed by atoms with Gasteiger partial charge in [-0.15, -0.1) is 0 Å². The molecule has 0 spiro atoms. The fourth-order valence-corrected chi connectivity index (χ4v) is 1.64. The Morgan fingerprint density at radius 2 is 2.28 bits per heavy atom. The zero-order chi connectivity index (χ0) is 13.5. The summed E-state index contributed by atoms with van der Waals surface area (Å²) < 4.78 is 5.54. The maximum Gasteiger partial charge on any atom is 0.255 e. The van der Waals surface area contributed by atoms with E-state index in [0.29, 0.717) is 30.2 Å². The van der Waals surface area contributed by atoms with E-state index in [9.17, 15) is 4.79 Å². The molecule has 1 rings (SSSR count). The summed E-state index contributed by atoms with van der Waals surface area (Å²) in [5, 5.41) is 2.82. The first-order valence-electron chi connectivity index (χ1n) is 6.02. The van der Waals surface area contributed by atoms with Crippen LogP contribution < -0.4 is 15.8 Å². The van der Waals surface area contributed by atoms with Crippen LogP contribution in [0, 0.1) is 6.92 Å². The van der Waals surface area contributed by atoms with E-state index in [1.807, 2.05) is 13.8 Å². The molecule has 4 nitrogen and oxygen atoms in total. The van der Waals surface area contributed by atoms with Crippen LogP contribution in [0.15, 0.2) is 24.8 Å². The molecule has 18 heavy (non-hydrogen) atoms. The molecule has 1 aromatic rings. The summed E-state index contributed by atoms with van der Waals surface area (Å²) in [4.78, 5) is 12.0. The molecule has 3 N–H and O–H groups in total. The number of nitrogens with two attached hydrogens (primary N) is 1. The number of hydrogen-bond acceptors (Lipinski definition) is 3. The summed E-state index contributed by atoms with van der Waals surface area (Å²) in [6, 6.07) is 3.42. The largest absolute Gasteiger partial charge is 0.488 e. The molecule has 0 aliphatic heterocycles. The molecule has 1 amide bonds. The van der Waals surface area contributed by atoms with Crippen LogP contribution in [0.5, 0.6) is 5.75 Å². The van der Waals surface area contributed by atoms with Gasteiger partial charge in [-0.05, 0) is 31.0 Å². The number of nitrogen functional groups attached to an aromatic ring is 1. The van der Waals surface area contributed by atoms with Crippen LogP contribution in [0.3, 0.4) is 0 Å². The third kappa shape index (κ3) is 3.52. The van der Waals surface area contributed by atoms with Crippen LogP contribution in [0.25, 0.3) is 0 Å². The van der Waals surface area contributed by atoms with Gasteiger partial charge in [-0.25, -0.2) is 0 Å². The fourth-order valence-electron chi connectivity index (χ4n) is 1.64. The summed E-state index contributed by atoms with van der Waals surface area (Å²) in [6.45, 7) is 8.46. The van der Waals surface area contributed by atoms with Gasteiger partial charge in [0.15, 0.2) is 0 Å². The van der Waals surface area contributed by atoms with Gasteiger partial charge in [-0.3, -0.25) is 4.79 Å². The number of hydrogen-bond donors (Lipinski definition) is 2. The maximum absolute atomic E-state index is 12.0. The van der Waals surface area contributed by atoms with E-state index in [0.717, 1.165) is 12.0 Å². The number of nitrogens with one attached hydrogen (secondary N) is 1. The number of carbonyl (C=O) groups is 1. The zero-order valence-corrected chi connectivity index (χ0v) is 11.0. The van der Waals surface area contributed by atoms with Gasteiger partial charge in [0.05, 0.1) is 5.56 Å². The molecule has 98 valence electrons. The summed E-state index contributed by atoms with van der Waals surface area (Å²) in [7, 11) is 0. The number of carbonyl (C=O) groups excluding carboxylic acids is 1. The highest BCUT2D eigenvalue weighted by Crippen LogP contribution is 2.26. The van der Waals surface area contributed by atoms with Crippen LogP contribution in [0.2, 0.25) is 0 Å². The molecule has 0 fully saturated rings. The monoisotopic (exact) mass is 248 g/mol. The topological polar surface area (TPSA) is 64.3 Å². The van der Waals surface area contributed by atoms with Crippen molar-refractivity contribution >= 4 is 11.6 Å². The summed E-state index contributed by atoms with van der Waals surface area (Å²) in [5.41, 5.74) is 7.64. The molecule has 0 aromatic heterocycles. The first kappa shape index (κ1) is 14.1. The number of anilines is 1. The second kappa shape index (κ2) is 6.69. The third-order valence-corrected chi connectivity index (χ3v) is 2.42. The average molecular weight is 248 g/mol. The Balaban J connectivity index is 3.05. The molecular weight excluding hydrogens is 228 g/mol. The highest BCUT2D eigenvalue weighted by Gasteiger charge is 2.15. The molecule has 0 bridgehead atoms. The van der Waals surface area contributed by atoms with Gasteiger partial charge in [-0.2, -0.15) is 0 Å². The molecule has 0 unspecified atom stereocenters. The molecule has 0 radical (unpaired) electrons. The SMILES string of the molecule is C=CCOc1c(C)cc(N)cc1C(=O)NCCC. The van der Waals surface area contributed by atoms with Gasteiger partial charge in [0, 0.05) is 12.2 Å². The normalized spacial score (nSPS) is 9.89. The highest BCUT2D eigenvalue weighted by atomic mass is 16.5. The molecule has 0 heterocycles. The minimum Gasteiger partial charge on any atom is -0.488 e. The van der Waals surface area contributed by atoms with Crippen molar-refractivity contribution in [3.63, 3.8) is 0 Å². The van der Waals surface area contributed by atoms with Crippen LogP contribution in [0.1, 0.15) is 29.3 Å². The molecule has 0 saturated carbocycles. The first-order valence-corrected chi connectivity index (χ1v) is 6.02. The maximum atomic E-state index is 12.0. The zero-order valence-electron chi connectivity index (χ0n) is 11.0. The van der Waals surface area contributed by atoms with E-state index in [4.69, 9.17) is 10.5 Å². The van der Waals surface area contributed by atoms with Crippen molar-refractivity contribution in [3.8, 4) is 5.75 Å². The number of ether oxygens (including phenoxy) is 1. The smallest absolute Gasteiger partial charge is 0.255 e. The Morgan fingerprint density at radius 1 is 1.56 bits per heavy atom. The molecule has 0 atom stereocenters. The lowest BCUT2D eigenvalue weighted by Gasteiger charge is -2.14. The number of amides is 1. The molecule has 1 aromatic carbocycles. The van der Waals surface area contributed by atoms with Crippen molar-refractivity contribution in [2.24, 2.45) is 0 Å². The van der Waals surface area contributed by atoms with Crippen LogP contribution in [-0.2, 0) is 0 Å². The number of benzene rings is 1. The van der Waals surface area contributed by atoms with Gasteiger partial charge < -0.3 is 15.8 Å². The average Bonchev–Trinajstić information content (AvgIpc) is 2.34. The van der Waals surface area contributed by atoms with Crippen molar-refractivity contribution in [2.75, 3.05) is 18.9 Å². The van der Waals surface area contributed by atoms with Gasteiger partial charge in [0.25, 0.3) is 5.91 Å². The Kier molecular flexibility index (Phi) is 5.24. The summed E-state index contributed by atoms with van der Waals surface area (Å²) in [5.74, 6) is 0.406. The summed E-state index contributed by atoms with van der Waals surface area (Å²) in [6.07, 6.45) is 2.53. The van der Waals surface area contributed by atoms with Gasteiger partial charge in [0.1, 0.15) is 12.4 Å². The van der Waals surface area contributed by atoms with Crippen molar-refractivity contribution in [2.45, 2.75) is 20.3 Å². The third-order valence-electron chi connectivity index (χ3n) is 2.42. The lowest BCUT2D eigenvalue weighted by Crippen LogP contribution is -2.25. The van der Waals surface area contributed by atoms with Crippen LogP contribution >= 0.6 is 0 Å². The van der Waals surface area contributed by atoms with E-state index in [2.05, 4.69) is 11.9 Å². The predicted molar refractivity (Wildman–Crippen MR) is 73.9 cm³/mol. The standard InChI is InChI=1S/C14H20N2O2/c1-4-6-16-14(17)12-9-11(15)8-10(3)13(12)18-7-5-2/h5,8-9H,2,4,6-7,15H2,1,3H3,(H,16,17). The molecule has 0 saturated heterocycles. The van der Waals surface area contributed by atoms with E-state index in [-0.39, 0.29) is 5.91 Å². The lowest BCUT2D eigenvalue weighted by atomic mass is 10.1. The fraction of sp³-hybridized carbons (Fsp3) is 0.357. The van der Waals surface area contributed by atoms with E-state index < -0.39 is 0 Å². The molecule has 0 aliphatic rings. The van der Waals surface area contributed by atoms with Crippen molar-refractivity contribution in [1.82, 2.24) is 5.32 Å². The van der Waals surface area contributed by atoms with Crippen molar-refractivity contribution < 1.29 is 9.53 Å². The second-order valence-electron chi connectivity index (χ2n) is 4.07. The van der Waals surface area contributed by atoms with Gasteiger partial charge in [0.2, 0.25) is 0 Å². The molecule has 4 heteroatoms. The Labute approximate surface area is 108 Å². The van der Waals surface area contributed by atoms with Crippen LogP contribution in [-0.4, -0.2) is 19.1 Å². The predicted octanol–water partition coefficient (Wildman–Crippen LogP) is 2.28. The van der Waals surface area contributed by atoms with Gasteiger partial charge >= 0.3 is 0 Å². The Hall–Kier alpha value is -1.97. The minimum absolute atomic E-state index is 0.161. The van der Waals surface area contributed by atoms with Crippen LogP contribution in [0.4, 0.5) is 5.69 Å². The Morgan fingerprint density at radius 3 is 2.89 bits per heavy atom. The quantitative estimate of drug-likeness (QED) is 0.599. The van der Waals surface area contributed by atoms with Crippen molar-refractivity contribution in [3.05, 3.63) is 35.9 Å². The highest BCUT2D eigenvalue weighted by molar-refractivity contribution is 5.98. The number of aryl methyl sites for hydroxylation is 1. The second-order valence-corrected chi connectivity index (χ2v) is 4.07. The van der Waals surface area contributed by atoms with Crippen molar-refractivity contribution in [1.29, 1.82) is 0 Å². The van der Waals surface area contributed by atoms with E-state index >= 15 is 0 Å². The Bertz CT molecular complexity index is 442. The minimum atomic E-state index is -0.161. The number of rotatable bonds is 6. The summed E-state index contributed by atoms with van der Waals surface area (Å²) >= 11 is 0. The lowest BCUT2D eigenvalue weighted by molar-refractivity contribution is 0.0950. The first-order chi connectivity index (χ1) is 8.60. The van der Waals surface area contributed by atoms with E-state index in [1.54, 1.807) is 18.2 Å².